The topological polar surface area (TPSA) is 28.7 Å². The molecule has 0 spiro atoms. The molecule has 1 aromatic heterocycles. The molecular formula is C13H18N2. The Morgan fingerprint density at radius 3 is 2.53 bits per heavy atom. The Labute approximate surface area is 90.7 Å². The van der Waals surface area contributed by atoms with E-state index in [1.54, 1.807) is 0 Å². The molecule has 2 nitrogen and oxygen atoms in total. The maximum atomic E-state index is 3.92. The molecule has 1 aliphatic carbocycles. The van der Waals surface area contributed by atoms with Crippen LogP contribution in [0.2, 0.25) is 0 Å². The first-order valence-electron chi connectivity index (χ1n) is 5.47. The lowest BCUT2D eigenvalue weighted by molar-refractivity contribution is 0.653. The van der Waals surface area contributed by atoms with Crippen molar-refractivity contribution in [2.45, 2.75) is 33.6 Å². The molecule has 2 aromatic rings. The van der Waals surface area contributed by atoms with Crippen molar-refractivity contribution in [2.75, 3.05) is 0 Å². The van der Waals surface area contributed by atoms with Gasteiger partial charge in [-0.3, -0.25) is 5.10 Å². The smallest absolute Gasteiger partial charge is 0.0652 e. The minimum absolute atomic E-state index is 0.750. The van der Waals surface area contributed by atoms with E-state index in [1.165, 1.54) is 23.8 Å². The van der Waals surface area contributed by atoms with E-state index in [0.717, 1.165) is 10.9 Å². The minimum atomic E-state index is 0.750. The number of aromatic amines is 1. The Bertz CT molecular complexity index is 448. The van der Waals surface area contributed by atoms with Crippen LogP contribution >= 0.6 is 0 Å². The van der Waals surface area contributed by atoms with Crippen LogP contribution in [0.3, 0.4) is 0 Å². The second-order valence-corrected chi connectivity index (χ2v) is 5.12. The number of hydrogen-bond donors (Lipinski definition) is 1. The molecule has 2 heteroatoms. The number of aromatic nitrogens is 2. The van der Waals surface area contributed by atoms with Gasteiger partial charge >= 0.3 is 0 Å². The van der Waals surface area contributed by atoms with Crippen LogP contribution in [0.5, 0.6) is 0 Å². The van der Waals surface area contributed by atoms with Crippen molar-refractivity contribution >= 4 is 10.9 Å². The fourth-order valence-electron chi connectivity index (χ4n) is 1.30. The highest BCUT2D eigenvalue weighted by Crippen LogP contribution is 2.43. The average molecular weight is 202 g/mol. The number of rotatable bonds is 0. The van der Waals surface area contributed by atoms with Crippen molar-refractivity contribution in [3.05, 3.63) is 30.0 Å². The van der Waals surface area contributed by atoms with Crippen molar-refractivity contribution in [3.63, 3.8) is 0 Å². The Morgan fingerprint density at radius 1 is 1.27 bits per heavy atom. The molecule has 1 heterocycles. The van der Waals surface area contributed by atoms with Gasteiger partial charge in [-0.1, -0.05) is 26.0 Å². The summed E-state index contributed by atoms with van der Waals surface area (Å²) in [5, 5.41) is 8.00. The number of fused-ring (bicyclic) bond motifs is 1. The average Bonchev–Trinajstić information content (AvgIpc) is 2.71. The number of benzene rings is 1. The molecule has 1 aliphatic rings. The zero-order valence-corrected chi connectivity index (χ0v) is 9.67. The highest BCUT2D eigenvalue weighted by molar-refractivity contribution is 5.78. The lowest BCUT2D eigenvalue weighted by Crippen LogP contribution is -1.75. The summed E-state index contributed by atoms with van der Waals surface area (Å²) in [5.74, 6) is 0. The Morgan fingerprint density at radius 2 is 1.93 bits per heavy atom. The van der Waals surface area contributed by atoms with E-state index < -0.39 is 0 Å². The van der Waals surface area contributed by atoms with Gasteiger partial charge in [0.1, 0.15) is 0 Å². The number of nitrogens with one attached hydrogen (secondary N) is 1. The van der Waals surface area contributed by atoms with Crippen molar-refractivity contribution < 1.29 is 0 Å². The Kier molecular flexibility index (Phi) is 2.51. The van der Waals surface area contributed by atoms with Gasteiger partial charge in [-0.25, -0.2) is 0 Å². The van der Waals surface area contributed by atoms with E-state index in [9.17, 15) is 0 Å². The molecule has 3 rings (SSSR count). The van der Waals surface area contributed by atoms with Crippen LogP contribution in [-0.2, 0) is 0 Å². The number of H-pyrrole nitrogens is 1. The van der Waals surface area contributed by atoms with Gasteiger partial charge < -0.3 is 0 Å². The predicted molar refractivity (Wildman–Crippen MR) is 63.8 cm³/mol. The summed E-state index contributed by atoms with van der Waals surface area (Å²) >= 11 is 0. The molecule has 0 atom stereocenters. The third-order valence-corrected chi connectivity index (χ3v) is 2.85. The molecule has 1 N–H and O–H groups in total. The lowest BCUT2D eigenvalue weighted by atomic mass is 10.2. The largest absolute Gasteiger partial charge is 0.278 e. The normalized spacial score (nSPS) is 17.0. The molecule has 1 fully saturated rings. The molecular weight excluding hydrogens is 184 g/mol. The van der Waals surface area contributed by atoms with E-state index in [2.05, 4.69) is 49.2 Å². The van der Waals surface area contributed by atoms with Crippen LogP contribution in [0.25, 0.3) is 10.9 Å². The van der Waals surface area contributed by atoms with E-state index in [1.807, 2.05) is 6.20 Å². The first kappa shape index (κ1) is 10.2. The third-order valence-electron chi connectivity index (χ3n) is 2.85. The molecule has 0 amide bonds. The van der Waals surface area contributed by atoms with Crippen LogP contribution < -0.4 is 0 Å². The summed E-state index contributed by atoms with van der Waals surface area (Å²) in [6.07, 6.45) is 4.73. The molecule has 0 aliphatic heterocycles. The number of aryl methyl sites for hydroxylation is 1. The summed E-state index contributed by atoms with van der Waals surface area (Å²) < 4.78 is 0. The number of nitrogens with zero attached hydrogens (tertiary/aromatic N) is 1. The van der Waals surface area contributed by atoms with Gasteiger partial charge in [-0.2, -0.15) is 5.10 Å². The monoisotopic (exact) mass is 202 g/mol. The van der Waals surface area contributed by atoms with Crippen LogP contribution in [0.4, 0.5) is 0 Å². The fourth-order valence-corrected chi connectivity index (χ4v) is 1.30. The van der Waals surface area contributed by atoms with E-state index in [-0.39, 0.29) is 0 Å². The van der Waals surface area contributed by atoms with Gasteiger partial charge in [0.2, 0.25) is 0 Å². The van der Waals surface area contributed by atoms with Gasteiger partial charge in [-0.05, 0) is 36.8 Å². The van der Waals surface area contributed by atoms with E-state index in [0.29, 0.717) is 0 Å². The van der Waals surface area contributed by atoms with Crippen LogP contribution in [0, 0.1) is 12.3 Å². The second-order valence-electron chi connectivity index (χ2n) is 5.12. The SMILES string of the molecule is CC1(C)CC1.Cc1ccc2cn[nH]c2c1. The van der Waals surface area contributed by atoms with Crippen molar-refractivity contribution in [2.24, 2.45) is 5.41 Å². The van der Waals surface area contributed by atoms with Gasteiger partial charge in [0.15, 0.2) is 0 Å². The van der Waals surface area contributed by atoms with E-state index in [4.69, 9.17) is 0 Å². The second kappa shape index (κ2) is 3.69. The van der Waals surface area contributed by atoms with Gasteiger partial charge in [-0.15, -0.1) is 0 Å². The summed E-state index contributed by atoms with van der Waals surface area (Å²) in [7, 11) is 0. The van der Waals surface area contributed by atoms with Gasteiger partial charge in [0.25, 0.3) is 0 Å². The van der Waals surface area contributed by atoms with E-state index >= 15 is 0 Å². The summed E-state index contributed by atoms with van der Waals surface area (Å²) in [4.78, 5) is 0. The molecule has 0 radical (unpaired) electrons. The maximum Gasteiger partial charge on any atom is 0.0652 e. The Hall–Kier alpha value is -1.31. The Balaban J connectivity index is 0.000000144. The zero-order valence-electron chi connectivity index (χ0n) is 9.67. The maximum absolute atomic E-state index is 3.92. The van der Waals surface area contributed by atoms with Crippen molar-refractivity contribution in [3.8, 4) is 0 Å². The highest BCUT2D eigenvalue weighted by Gasteiger charge is 2.30. The minimum Gasteiger partial charge on any atom is -0.278 e. The van der Waals surface area contributed by atoms with Crippen molar-refractivity contribution in [1.82, 2.24) is 10.2 Å². The first-order chi connectivity index (χ1) is 7.07. The fraction of sp³-hybridized carbons (Fsp3) is 0.462. The highest BCUT2D eigenvalue weighted by atomic mass is 15.1. The summed E-state index contributed by atoms with van der Waals surface area (Å²) in [5.41, 5.74) is 3.12. The third kappa shape index (κ3) is 2.82. The van der Waals surface area contributed by atoms with Crippen LogP contribution in [0.1, 0.15) is 32.3 Å². The molecule has 0 saturated heterocycles. The quantitative estimate of drug-likeness (QED) is 0.693. The number of hydrogen-bond acceptors (Lipinski definition) is 1. The van der Waals surface area contributed by atoms with Crippen LogP contribution in [0.15, 0.2) is 24.4 Å². The molecule has 1 aromatic carbocycles. The summed E-state index contributed by atoms with van der Waals surface area (Å²) in [6, 6.07) is 6.23. The molecule has 80 valence electrons. The molecule has 0 unspecified atom stereocenters. The molecule has 15 heavy (non-hydrogen) atoms. The summed E-state index contributed by atoms with van der Waals surface area (Å²) in [6.45, 7) is 6.67. The van der Waals surface area contributed by atoms with Gasteiger partial charge in [0, 0.05) is 5.39 Å². The van der Waals surface area contributed by atoms with Crippen LogP contribution in [-0.4, -0.2) is 10.2 Å². The van der Waals surface area contributed by atoms with Crippen molar-refractivity contribution in [1.29, 1.82) is 0 Å². The molecule has 0 bridgehead atoms. The standard InChI is InChI=1S/C8H8N2.C5H10/c1-6-2-3-7-5-9-10-8(7)4-6;1-5(2)3-4-5/h2-5H,1H3,(H,9,10);3-4H2,1-2H3. The predicted octanol–water partition coefficient (Wildman–Crippen LogP) is 3.68. The molecule has 1 saturated carbocycles. The zero-order chi connectivity index (χ0) is 10.9. The van der Waals surface area contributed by atoms with Gasteiger partial charge in [0.05, 0.1) is 11.7 Å². The first-order valence-corrected chi connectivity index (χ1v) is 5.47. The lowest BCUT2D eigenvalue weighted by Gasteiger charge is -1.89.